The van der Waals surface area contributed by atoms with Gasteiger partial charge >= 0.3 is 0 Å². The molecular formula is C18H26O8S. The Morgan fingerprint density at radius 2 is 1.81 bits per heavy atom. The van der Waals surface area contributed by atoms with Gasteiger partial charge in [0.25, 0.3) is 10.1 Å². The average molecular weight is 402 g/mol. The Balaban J connectivity index is 1.68. The number of hydrogen-bond donors (Lipinski definition) is 0. The summed E-state index contributed by atoms with van der Waals surface area (Å²) in [4.78, 5) is 0.0869. The van der Waals surface area contributed by atoms with Gasteiger partial charge in [-0.2, -0.15) is 8.42 Å². The molecule has 0 amide bonds. The van der Waals surface area contributed by atoms with E-state index in [1.54, 1.807) is 26.0 Å². The Bertz CT molecular complexity index is 745. The first-order chi connectivity index (χ1) is 12.7. The number of rotatable bonds is 7. The SMILES string of the molecule is CO[C@@H]1[C@H]2OC(C)(C)O[C@H]2O[C@@H]1[C@@H](COS(=O)(=O)c1ccc(C)cc1)OC. The van der Waals surface area contributed by atoms with Crippen LogP contribution in [0.15, 0.2) is 29.2 Å². The second-order valence-corrected chi connectivity index (χ2v) is 8.71. The predicted octanol–water partition coefficient (Wildman–Crippen LogP) is 1.61. The second kappa shape index (κ2) is 7.75. The van der Waals surface area contributed by atoms with E-state index in [1.807, 2.05) is 6.92 Å². The molecule has 1 aromatic carbocycles. The molecule has 0 radical (unpaired) electrons. The van der Waals surface area contributed by atoms with Crippen LogP contribution < -0.4 is 0 Å². The lowest BCUT2D eigenvalue weighted by atomic mass is 10.1. The molecule has 0 aliphatic carbocycles. The van der Waals surface area contributed by atoms with Gasteiger partial charge in [0.1, 0.15) is 24.4 Å². The molecule has 3 rings (SSSR count). The molecule has 27 heavy (non-hydrogen) atoms. The van der Waals surface area contributed by atoms with E-state index in [2.05, 4.69) is 0 Å². The third-order valence-electron chi connectivity index (χ3n) is 4.67. The molecule has 152 valence electrons. The molecule has 8 nitrogen and oxygen atoms in total. The molecule has 0 unspecified atom stereocenters. The van der Waals surface area contributed by atoms with Gasteiger partial charge in [-0.25, -0.2) is 0 Å². The lowest BCUT2D eigenvalue weighted by molar-refractivity contribution is -0.230. The topological polar surface area (TPSA) is 89.5 Å². The van der Waals surface area contributed by atoms with Gasteiger partial charge < -0.3 is 23.7 Å². The molecule has 0 aromatic heterocycles. The highest BCUT2D eigenvalue weighted by Crippen LogP contribution is 2.39. The van der Waals surface area contributed by atoms with Crippen LogP contribution in [0.4, 0.5) is 0 Å². The minimum Gasteiger partial charge on any atom is -0.376 e. The monoisotopic (exact) mass is 402 g/mol. The maximum absolute atomic E-state index is 12.4. The Labute approximate surface area is 159 Å². The van der Waals surface area contributed by atoms with E-state index >= 15 is 0 Å². The number of ether oxygens (including phenoxy) is 5. The number of fused-ring (bicyclic) bond motifs is 1. The molecule has 2 fully saturated rings. The summed E-state index contributed by atoms with van der Waals surface area (Å²) in [7, 11) is -0.915. The number of aryl methyl sites for hydroxylation is 1. The Hall–Kier alpha value is -1.07. The summed E-state index contributed by atoms with van der Waals surface area (Å²) in [6, 6.07) is 6.43. The molecule has 0 saturated carbocycles. The smallest absolute Gasteiger partial charge is 0.297 e. The molecule has 9 heteroatoms. The standard InChI is InChI=1S/C18H26O8S/c1-11-6-8-12(9-7-11)27(19,20)23-10-13(21-4)14-15(22-5)16-17(24-14)26-18(2,3)25-16/h6-9,13-17H,10H2,1-5H3/t13-,14-,15+,16-,17-/m1/s1. The van der Waals surface area contributed by atoms with Crippen LogP contribution in [-0.4, -0.2) is 65.7 Å². The lowest BCUT2D eigenvalue weighted by Gasteiger charge is -2.29. The first-order valence-corrected chi connectivity index (χ1v) is 10.1. The normalized spacial score (nSPS) is 31.0. The number of benzene rings is 1. The second-order valence-electron chi connectivity index (χ2n) is 7.10. The fourth-order valence-electron chi connectivity index (χ4n) is 3.30. The van der Waals surface area contributed by atoms with Crippen LogP contribution in [0.5, 0.6) is 0 Å². The average Bonchev–Trinajstić information content (AvgIpc) is 3.07. The van der Waals surface area contributed by atoms with Crippen molar-refractivity contribution in [2.75, 3.05) is 20.8 Å². The van der Waals surface area contributed by atoms with E-state index in [-0.39, 0.29) is 11.5 Å². The van der Waals surface area contributed by atoms with Crippen LogP contribution in [0, 0.1) is 6.92 Å². The molecule has 0 spiro atoms. The summed E-state index contributed by atoms with van der Waals surface area (Å²) in [5.74, 6) is -0.773. The van der Waals surface area contributed by atoms with Gasteiger partial charge in [0, 0.05) is 14.2 Å². The van der Waals surface area contributed by atoms with Crippen molar-refractivity contribution >= 4 is 10.1 Å². The number of hydrogen-bond acceptors (Lipinski definition) is 8. The lowest BCUT2D eigenvalue weighted by Crippen LogP contribution is -2.45. The summed E-state index contributed by atoms with van der Waals surface area (Å²) in [5.41, 5.74) is 0.959. The summed E-state index contributed by atoms with van der Waals surface area (Å²) in [6.45, 7) is 5.24. The van der Waals surface area contributed by atoms with Gasteiger partial charge in [-0.3, -0.25) is 4.18 Å². The van der Waals surface area contributed by atoms with Crippen LogP contribution in [-0.2, 0) is 38.0 Å². The maximum atomic E-state index is 12.4. The van der Waals surface area contributed by atoms with Crippen LogP contribution in [0.3, 0.4) is 0 Å². The van der Waals surface area contributed by atoms with E-state index in [4.69, 9.17) is 27.9 Å². The first kappa shape index (κ1) is 20.7. The molecule has 1 aromatic rings. The van der Waals surface area contributed by atoms with E-state index in [0.717, 1.165) is 5.56 Å². The van der Waals surface area contributed by atoms with Crippen molar-refractivity contribution in [3.8, 4) is 0 Å². The van der Waals surface area contributed by atoms with E-state index in [1.165, 1.54) is 26.4 Å². The zero-order chi connectivity index (χ0) is 19.8. The van der Waals surface area contributed by atoms with Gasteiger partial charge in [0.2, 0.25) is 0 Å². The van der Waals surface area contributed by atoms with E-state index in [0.29, 0.717) is 0 Å². The molecule has 2 heterocycles. The summed E-state index contributed by atoms with van der Waals surface area (Å²) in [5, 5.41) is 0. The third kappa shape index (κ3) is 4.34. The Kier molecular flexibility index (Phi) is 5.93. The third-order valence-corrected chi connectivity index (χ3v) is 5.96. The van der Waals surface area contributed by atoms with Gasteiger partial charge in [-0.05, 0) is 32.9 Å². The van der Waals surface area contributed by atoms with Gasteiger partial charge in [0.05, 0.1) is 11.5 Å². The zero-order valence-corrected chi connectivity index (χ0v) is 16.9. The summed E-state index contributed by atoms with van der Waals surface area (Å²) in [6.07, 6.45) is -2.80. The van der Waals surface area contributed by atoms with Crippen molar-refractivity contribution in [3.63, 3.8) is 0 Å². The first-order valence-electron chi connectivity index (χ1n) is 8.69. The van der Waals surface area contributed by atoms with Crippen molar-refractivity contribution in [3.05, 3.63) is 29.8 Å². The largest absolute Gasteiger partial charge is 0.376 e. The van der Waals surface area contributed by atoms with Crippen LogP contribution in [0.2, 0.25) is 0 Å². The Morgan fingerprint density at radius 3 is 2.41 bits per heavy atom. The number of methoxy groups -OCH3 is 2. The molecule has 0 bridgehead atoms. The highest BCUT2D eigenvalue weighted by molar-refractivity contribution is 7.86. The van der Waals surface area contributed by atoms with Gasteiger partial charge in [0.15, 0.2) is 12.1 Å². The van der Waals surface area contributed by atoms with E-state index in [9.17, 15) is 8.42 Å². The molecule has 5 atom stereocenters. The van der Waals surface area contributed by atoms with Gasteiger partial charge in [-0.15, -0.1) is 0 Å². The fourth-order valence-corrected chi connectivity index (χ4v) is 4.22. The predicted molar refractivity (Wildman–Crippen MR) is 94.6 cm³/mol. The molecule has 2 aliphatic heterocycles. The van der Waals surface area contributed by atoms with Crippen molar-refractivity contribution < 1.29 is 36.3 Å². The van der Waals surface area contributed by atoms with E-state index < -0.39 is 46.6 Å². The van der Waals surface area contributed by atoms with Crippen LogP contribution >= 0.6 is 0 Å². The molecule has 2 aliphatic rings. The highest BCUT2D eigenvalue weighted by atomic mass is 32.2. The Morgan fingerprint density at radius 1 is 1.15 bits per heavy atom. The van der Waals surface area contributed by atoms with Crippen molar-refractivity contribution in [2.45, 2.75) is 62.2 Å². The van der Waals surface area contributed by atoms with Crippen LogP contribution in [0.1, 0.15) is 19.4 Å². The minimum atomic E-state index is -3.91. The minimum absolute atomic E-state index is 0.0869. The fraction of sp³-hybridized carbons (Fsp3) is 0.667. The summed E-state index contributed by atoms with van der Waals surface area (Å²) < 4.78 is 58.4. The molecule has 0 N–H and O–H groups in total. The molecular weight excluding hydrogens is 376 g/mol. The molecule has 2 saturated heterocycles. The van der Waals surface area contributed by atoms with Crippen molar-refractivity contribution in [2.24, 2.45) is 0 Å². The van der Waals surface area contributed by atoms with Crippen molar-refractivity contribution in [1.29, 1.82) is 0 Å². The van der Waals surface area contributed by atoms with Crippen molar-refractivity contribution in [1.82, 2.24) is 0 Å². The maximum Gasteiger partial charge on any atom is 0.297 e. The van der Waals surface area contributed by atoms with Crippen LogP contribution in [0.25, 0.3) is 0 Å². The van der Waals surface area contributed by atoms with Gasteiger partial charge in [-0.1, -0.05) is 17.7 Å². The zero-order valence-electron chi connectivity index (χ0n) is 16.1. The quantitative estimate of drug-likeness (QED) is 0.636. The highest BCUT2D eigenvalue weighted by Gasteiger charge is 2.57. The summed E-state index contributed by atoms with van der Waals surface area (Å²) >= 11 is 0.